The van der Waals surface area contributed by atoms with Gasteiger partial charge < -0.3 is 29.8 Å². The maximum Gasteiger partial charge on any atom is 0.272 e. The molecular weight excluding hydrogens is 190 g/mol. The third kappa shape index (κ3) is 0.955. The summed E-state index contributed by atoms with van der Waals surface area (Å²) in [6, 6.07) is -0.355. The second-order valence-corrected chi connectivity index (χ2v) is 3.86. The summed E-state index contributed by atoms with van der Waals surface area (Å²) in [7, 11) is 1.56. The van der Waals surface area contributed by atoms with Crippen molar-refractivity contribution in [3.05, 3.63) is 0 Å². The second-order valence-electron chi connectivity index (χ2n) is 3.86. The second kappa shape index (κ2) is 2.88. The van der Waals surface area contributed by atoms with Crippen LogP contribution in [0.3, 0.4) is 0 Å². The van der Waals surface area contributed by atoms with Gasteiger partial charge in [0.05, 0.1) is 6.04 Å². The van der Waals surface area contributed by atoms with Crippen LogP contribution >= 0.6 is 0 Å². The zero-order valence-corrected chi connectivity index (χ0v) is 7.70. The third-order valence-electron chi connectivity index (χ3n) is 3.16. The van der Waals surface area contributed by atoms with E-state index < -0.39 is 18.7 Å². The van der Waals surface area contributed by atoms with Crippen molar-refractivity contribution in [2.45, 2.75) is 43.0 Å². The van der Waals surface area contributed by atoms with Crippen molar-refractivity contribution in [1.29, 1.82) is 0 Å². The van der Waals surface area contributed by atoms with Crippen molar-refractivity contribution in [3.8, 4) is 0 Å². The maximum absolute atomic E-state index is 9.83. The lowest BCUT2D eigenvalue weighted by atomic mass is 9.81. The fourth-order valence-corrected chi connectivity index (χ4v) is 2.45. The predicted molar refractivity (Wildman–Crippen MR) is 43.2 cm³/mol. The number of nitrogens with two attached hydrogens (primary N) is 1. The molecule has 3 aliphatic heterocycles. The van der Waals surface area contributed by atoms with Crippen LogP contribution < -0.4 is 5.73 Å². The van der Waals surface area contributed by atoms with E-state index in [-0.39, 0.29) is 24.4 Å². The first-order valence-corrected chi connectivity index (χ1v) is 4.65. The van der Waals surface area contributed by atoms with Crippen LogP contribution in [-0.4, -0.2) is 55.3 Å². The number of aliphatic hydroxyl groups is 1. The minimum atomic E-state index is -0.730. The molecule has 3 N–H and O–H groups in total. The van der Waals surface area contributed by atoms with E-state index in [1.54, 1.807) is 7.11 Å². The number of rotatable bonds is 1. The Hall–Kier alpha value is -0.240. The third-order valence-corrected chi connectivity index (χ3v) is 3.16. The summed E-state index contributed by atoms with van der Waals surface area (Å²) in [6.45, 7) is -0.690. The molecule has 6 heteroatoms. The van der Waals surface area contributed by atoms with Crippen LogP contribution in [0, 0.1) is 0 Å². The van der Waals surface area contributed by atoms with E-state index in [9.17, 15) is 5.11 Å². The van der Waals surface area contributed by atoms with Crippen molar-refractivity contribution >= 4 is 0 Å². The van der Waals surface area contributed by atoms with Crippen LogP contribution in [0.25, 0.3) is 0 Å². The molecule has 6 nitrogen and oxygen atoms in total. The Morgan fingerprint density at radius 2 is 1.79 bits per heavy atom. The van der Waals surface area contributed by atoms with E-state index in [1.165, 1.54) is 0 Å². The standard InChI is InChI=1S/C8H13NO5/c1-11-7-5-2(9)4-3(10)6(7)14-8(12-4)13-5/h2-8,10H,9H2,1H3/t2-,3+,4+,5+,6-,7+,8+/m0/s1. The van der Waals surface area contributed by atoms with Crippen LogP contribution in [0.5, 0.6) is 0 Å². The van der Waals surface area contributed by atoms with Gasteiger partial charge in [-0.25, -0.2) is 0 Å². The molecule has 0 aromatic heterocycles. The lowest BCUT2D eigenvalue weighted by Gasteiger charge is -2.57. The first kappa shape index (κ1) is 9.02. The largest absolute Gasteiger partial charge is 0.388 e. The molecule has 3 saturated heterocycles. The van der Waals surface area contributed by atoms with E-state index in [0.29, 0.717) is 0 Å². The number of hydrogen-bond donors (Lipinski definition) is 2. The molecule has 1 aliphatic carbocycles. The zero-order valence-electron chi connectivity index (χ0n) is 7.70. The summed E-state index contributed by atoms with van der Waals surface area (Å²) in [5.74, 6) is 0. The molecule has 3 heterocycles. The van der Waals surface area contributed by atoms with Crippen molar-refractivity contribution in [3.63, 3.8) is 0 Å². The van der Waals surface area contributed by atoms with Gasteiger partial charge >= 0.3 is 0 Å². The summed E-state index contributed by atoms with van der Waals surface area (Å²) in [5, 5.41) is 9.83. The fraction of sp³-hybridized carbons (Fsp3) is 1.00. The average molecular weight is 203 g/mol. The highest BCUT2D eigenvalue weighted by atomic mass is 16.9. The van der Waals surface area contributed by atoms with Gasteiger partial charge in [-0.05, 0) is 0 Å². The molecular formula is C8H13NO5. The summed E-state index contributed by atoms with van der Waals surface area (Å²) >= 11 is 0. The van der Waals surface area contributed by atoms with Crippen LogP contribution in [-0.2, 0) is 18.9 Å². The lowest BCUT2D eigenvalue weighted by Crippen LogP contribution is -2.77. The van der Waals surface area contributed by atoms with Crippen LogP contribution in [0.4, 0.5) is 0 Å². The molecule has 14 heavy (non-hydrogen) atoms. The number of aliphatic hydroxyl groups excluding tert-OH is 1. The highest BCUT2D eigenvalue weighted by Gasteiger charge is 2.60. The molecule has 0 radical (unpaired) electrons. The van der Waals surface area contributed by atoms with Gasteiger partial charge in [-0.1, -0.05) is 0 Å². The molecule has 0 amide bonds. The van der Waals surface area contributed by atoms with Crippen LogP contribution in [0.2, 0.25) is 0 Å². The van der Waals surface area contributed by atoms with Gasteiger partial charge in [0.25, 0.3) is 6.48 Å². The highest BCUT2D eigenvalue weighted by Crippen LogP contribution is 2.39. The van der Waals surface area contributed by atoms with Gasteiger partial charge in [0.1, 0.15) is 30.5 Å². The minimum absolute atomic E-state index is 0.245. The van der Waals surface area contributed by atoms with E-state index in [4.69, 9.17) is 24.7 Å². The van der Waals surface area contributed by atoms with Gasteiger partial charge in [-0.2, -0.15) is 0 Å². The van der Waals surface area contributed by atoms with E-state index in [2.05, 4.69) is 0 Å². The average Bonchev–Trinajstić information content (AvgIpc) is 2.20. The topological polar surface area (TPSA) is 83.2 Å². The Labute approximate surface area is 80.9 Å². The van der Waals surface area contributed by atoms with Crippen LogP contribution in [0.1, 0.15) is 0 Å². The molecule has 80 valence electrons. The Kier molecular flexibility index (Phi) is 1.85. The molecule has 4 aliphatic rings. The molecule has 1 saturated carbocycles. The summed E-state index contributed by atoms with van der Waals surface area (Å²) in [6.07, 6.45) is -2.07. The Balaban J connectivity index is 1.94. The summed E-state index contributed by atoms with van der Waals surface area (Å²) < 4.78 is 21.2. The lowest BCUT2D eigenvalue weighted by molar-refractivity contribution is -0.468. The summed E-state index contributed by atoms with van der Waals surface area (Å²) in [4.78, 5) is 0. The molecule has 4 rings (SSSR count). The summed E-state index contributed by atoms with van der Waals surface area (Å²) in [5.41, 5.74) is 5.88. The fourth-order valence-electron chi connectivity index (χ4n) is 2.45. The Morgan fingerprint density at radius 1 is 1.14 bits per heavy atom. The minimum Gasteiger partial charge on any atom is -0.388 e. The van der Waals surface area contributed by atoms with E-state index >= 15 is 0 Å². The molecule has 0 spiro atoms. The van der Waals surface area contributed by atoms with E-state index in [1.807, 2.05) is 0 Å². The molecule has 4 fully saturated rings. The first-order chi connectivity index (χ1) is 6.72. The monoisotopic (exact) mass is 203 g/mol. The highest BCUT2D eigenvalue weighted by molar-refractivity contribution is 5.07. The predicted octanol–water partition coefficient (Wildman–Crippen LogP) is -1.83. The van der Waals surface area contributed by atoms with E-state index in [0.717, 1.165) is 0 Å². The van der Waals surface area contributed by atoms with Gasteiger partial charge in [-0.3, -0.25) is 0 Å². The van der Waals surface area contributed by atoms with Crippen molar-refractivity contribution in [2.24, 2.45) is 5.73 Å². The van der Waals surface area contributed by atoms with Gasteiger partial charge in [-0.15, -0.1) is 0 Å². The zero-order chi connectivity index (χ0) is 9.87. The molecule has 7 atom stereocenters. The molecule has 4 bridgehead atoms. The van der Waals surface area contributed by atoms with Crippen molar-refractivity contribution in [2.75, 3.05) is 7.11 Å². The molecule has 0 aromatic carbocycles. The molecule has 0 unspecified atom stereocenters. The van der Waals surface area contributed by atoms with Gasteiger partial charge in [0.15, 0.2) is 0 Å². The van der Waals surface area contributed by atoms with Crippen molar-refractivity contribution in [1.82, 2.24) is 0 Å². The first-order valence-electron chi connectivity index (χ1n) is 4.65. The van der Waals surface area contributed by atoms with Gasteiger partial charge in [0, 0.05) is 7.11 Å². The molecule has 0 aromatic rings. The maximum atomic E-state index is 9.83. The quantitative estimate of drug-likeness (QED) is 0.521. The normalized spacial score (nSPS) is 60.6. The number of ether oxygens (including phenoxy) is 4. The van der Waals surface area contributed by atoms with Crippen molar-refractivity contribution < 1.29 is 24.1 Å². The number of methoxy groups -OCH3 is 1. The SMILES string of the molecule is CO[C@@H]1[C@@H]2O[C@H]3O[C@H]([C@@H]2N)[C@@H](O)[C@@H]1O3. The van der Waals surface area contributed by atoms with Crippen LogP contribution in [0.15, 0.2) is 0 Å². The Bertz CT molecular complexity index is 230. The Morgan fingerprint density at radius 3 is 2.50 bits per heavy atom. The van der Waals surface area contributed by atoms with Gasteiger partial charge in [0.2, 0.25) is 0 Å². The number of hydrogen-bond acceptors (Lipinski definition) is 6. The smallest absolute Gasteiger partial charge is 0.272 e.